The van der Waals surface area contributed by atoms with E-state index in [-0.39, 0.29) is 28.9 Å². The van der Waals surface area contributed by atoms with Crippen molar-refractivity contribution in [1.82, 2.24) is 28.9 Å². The highest BCUT2D eigenvalue weighted by atomic mass is 35.5. The highest BCUT2D eigenvalue weighted by Crippen LogP contribution is 2.24. The molecule has 3 heterocycles. The Morgan fingerprint density at radius 3 is 2.71 bits per heavy atom. The summed E-state index contributed by atoms with van der Waals surface area (Å²) in [5.74, 6) is 1.19. The van der Waals surface area contributed by atoms with Crippen LogP contribution in [-0.4, -0.2) is 36.0 Å². The topological polar surface area (TPSA) is 110 Å². The van der Waals surface area contributed by atoms with Crippen molar-refractivity contribution in [2.24, 2.45) is 14.1 Å². The highest BCUT2D eigenvalue weighted by Gasteiger charge is 2.20. The molecule has 4 rings (SSSR count). The van der Waals surface area contributed by atoms with Crippen molar-refractivity contribution in [3.05, 3.63) is 56.3 Å². The molecule has 0 aliphatic rings. The second-order valence-electron chi connectivity index (χ2n) is 6.08. The fraction of sp³-hybridized carbons (Fsp3) is 0.235. The third-order valence-electron chi connectivity index (χ3n) is 4.38. The van der Waals surface area contributed by atoms with E-state index in [0.717, 1.165) is 4.57 Å². The molecule has 3 aromatic heterocycles. The van der Waals surface area contributed by atoms with Crippen LogP contribution in [0.4, 0.5) is 0 Å². The van der Waals surface area contributed by atoms with Crippen LogP contribution in [0.5, 0.6) is 5.75 Å². The van der Waals surface area contributed by atoms with Gasteiger partial charge in [0.2, 0.25) is 17.1 Å². The minimum absolute atomic E-state index is 0.0275. The van der Waals surface area contributed by atoms with E-state index in [1.807, 2.05) is 12.1 Å². The number of hydrogen-bond donors (Lipinski definition) is 0. The molecule has 0 unspecified atom stereocenters. The first-order chi connectivity index (χ1) is 13.4. The number of hydrogen-bond acceptors (Lipinski definition) is 7. The van der Waals surface area contributed by atoms with Gasteiger partial charge >= 0.3 is 5.69 Å². The number of ether oxygens (including phenoxy) is 1. The molecule has 0 fully saturated rings. The molecule has 0 N–H and O–H groups in total. The Hall–Kier alpha value is -3.40. The maximum Gasteiger partial charge on any atom is 0.332 e. The molecule has 4 aromatic rings. The van der Waals surface area contributed by atoms with Crippen molar-refractivity contribution >= 4 is 22.8 Å². The molecule has 0 amide bonds. The average Bonchev–Trinajstić information content (AvgIpc) is 3.30. The van der Waals surface area contributed by atoms with E-state index >= 15 is 0 Å². The van der Waals surface area contributed by atoms with Crippen LogP contribution < -0.4 is 16.0 Å². The first-order valence-corrected chi connectivity index (χ1v) is 8.57. The predicted octanol–water partition coefficient (Wildman–Crippen LogP) is 1.19. The molecule has 11 heteroatoms. The van der Waals surface area contributed by atoms with Gasteiger partial charge in [-0.05, 0) is 29.8 Å². The van der Waals surface area contributed by atoms with Crippen molar-refractivity contribution in [2.45, 2.75) is 6.54 Å². The van der Waals surface area contributed by atoms with Gasteiger partial charge in [-0.15, -0.1) is 10.2 Å². The first kappa shape index (κ1) is 18.0. The van der Waals surface area contributed by atoms with Gasteiger partial charge in [0.05, 0.1) is 7.11 Å². The van der Waals surface area contributed by atoms with E-state index in [1.165, 1.54) is 23.2 Å². The average molecular weight is 403 g/mol. The number of rotatable bonds is 4. The number of benzene rings is 1. The fourth-order valence-corrected chi connectivity index (χ4v) is 3.11. The van der Waals surface area contributed by atoms with E-state index in [1.54, 1.807) is 19.2 Å². The molecule has 0 atom stereocenters. The quantitative estimate of drug-likeness (QED) is 0.471. The lowest BCUT2D eigenvalue weighted by molar-refractivity contribution is 0.414. The van der Waals surface area contributed by atoms with Crippen molar-refractivity contribution in [3.63, 3.8) is 0 Å². The lowest BCUT2D eigenvalue weighted by Gasteiger charge is -2.05. The minimum Gasteiger partial charge on any atom is -0.497 e. The number of methoxy groups -OCH3 is 1. The minimum atomic E-state index is -0.509. The molecule has 0 saturated carbocycles. The lowest BCUT2D eigenvalue weighted by atomic mass is 10.2. The summed E-state index contributed by atoms with van der Waals surface area (Å²) in [5.41, 5.74) is 0.0568. The second-order valence-corrected chi connectivity index (χ2v) is 6.42. The van der Waals surface area contributed by atoms with Crippen LogP contribution in [-0.2, 0) is 20.6 Å². The molecule has 0 aliphatic carbocycles. The molecule has 28 heavy (non-hydrogen) atoms. The largest absolute Gasteiger partial charge is 0.497 e. The summed E-state index contributed by atoms with van der Waals surface area (Å²) >= 11 is 6.21. The Bertz CT molecular complexity index is 1320. The Morgan fingerprint density at radius 2 is 1.96 bits per heavy atom. The molecule has 0 radical (unpaired) electrons. The zero-order valence-corrected chi connectivity index (χ0v) is 16.0. The summed E-state index contributed by atoms with van der Waals surface area (Å²) in [6.07, 6.45) is 0. The van der Waals surface area contributed by atoms with E-state index in [4.69, 9.17) is 20.8 Å². The van der Waals surface area contributed by atoms with Crippen LogP contribution >= 0.6 is 11.6 Å². The van der Waals surface area contributed by atoms with Gasteiger partial charge in [0, 0.05) is 19.7 Å². The van der Waals surface area contributed by atoms with E-state index < -0.39 is 11.2 Å². The Morgan fingerprint density at radius 1 is 1.18 bits per heavy atom. The van der Waals surface area contributed by atoms with Gasteiger partial charge in [-0.3, -0.25) is 18.5 Å². The van der Waals surface area contributed by atoms with Gasteiger partial charge in [0.1, 0.15) is 12.3 Å². The molecular formula is C17H15ClN6O4. The van der Waals surface area contributed by atoms with Crippen LogP contribution in [0.2, 0.25) is 5.28 Å². The van der Waals surface area contributed by atoms with Crippen LogP contribution in [0.15, 0.2) is 38.3 Å². The highest BCUT2D eigenvalue weighted by molar-refractivity contribution is 6.29. The molecule has 0 saturated heterocycles. The SMILES string of the molecule is COc1cccc(-c2nnc(Cn3c(Cl)nc4c3c(=O)n(C)c(=O)n4C)o2)c1. The molecule has 0 aliphatic heterocycles. The lowest BCUT2D eigenvalue weighted by Crippen LogP contribution is -2.37. The maximum atomic E-state index is 12.6. The fourth-order valence-electron chi connectivity index (χ4n) is 2.89. The Labute approximate surface area is 162 Å². The normalized spacial score (nSPS) is 11.3. The van der Waals surface area contributed by atoms with Gasteiger partial charge in [-0.2, -0.15) is 4.98 Å². The van der Waals surface area contributed by atoms with Crippen molar-refractivity contribution in [1.29, 1.82) is 0 Å². The molecule has 0 bridgehead atoms. The zero-order valence-electron chi connectivity index (χ0n) is 15.2. The van der Waals surface area contributed by atoms with Gasteiger partial charge in [-0.1, -0.05) is 6.07 Å². The maximum absolute atomic E-state index is 12.6. The van der Waals surface area contributed by atoms with Crippen LogP contribution in [0.3, 0.4) is 0 Å². The van der Waals surface area contributed by atoms with Gasteiger partial charge in [0.25, 0.3) is 5.56 Å². The third-order valence-corrected chi connectivity index (χ3v) is 4.67. The number of halogens is 1. The predicted molar refractivity (Wildman–Crippen MR) is 101 cm³/mol. The second kappa shape index (κ2) is 6.64. The number of nitrogens with zero attached hydrogens (tertiary/aromatic N) is 6. The number of fused-ring (bicyclic) bond motifs is 1. The smallest absolute Gasteiger partial charge is 0.332 e. The summed E-state index contributed by atoms with van der Waals surface area (Å²) in [5, 5.41) is 8.09. The molecule has 144 valence electrons. The Kier molecular flexibility index (Phi) is 4.27. The summed E-state index contributed by atoms with van der Waals surface area (Å²) in [6, 6.07) is 7.19. The molecule has 0 spiro atoms. The number of aromatic nitrogens is 6. The van der Waals surface area contributed by atoms with Crippen LogP contribution in [0.1, 0.15) is 5.89 Å². The van der Waals surface area contributed by atoms with E-state index in [2.05, 4.69) is 15.2 Å². The number of imidazole rings is 1. The summed E-state index contributed by atoms with van der Waals surface area (Å²) < 4.78 is 14.6. The van der Waals surface area contributed by atoms with Crippen LogP contribution in [0.25, 0.3) is 22.6 Å². The van der Waals surface area contributed by atoms with Gasteiger partial charge in [-0.25, -0.2) is 4.79 Å². The van der Waals surface area contributed by atoms with Gasteiger partial charge < -0.3 is 9.15 Å². The molecular weight excluding hydrogens is 388 g/mol. The van der Waals surface area contributed by atoms with Crippen LogP contribution in [0, 0.1) is 0 Å². The summed E-state index contributed by atoms with van der Waals surface area (Å²) in [6.45, 7) is 0.0275. The van der Waals surface area contributed by atoms with Crippen molar-refractivity contribution in [2.75, 3.05) is 7.11 Å². The zero-order chi connectivity index (χ0) is 20.0. The number of aryl methyl sites for hydroxylation is 1. The van der Waals surface area contributed by atoms with Gasteiger partial charge in [0.15, 0.2) is 11.2 Å². The third kappa shape index (κ3) is 2.78. The Balaban J connectivity index is 1.78. The molecule has 10 nitrogen and oxygen atoms in total. The summed E-state index contributed by atoms with van der Waals surface area (Å²) in [4.78, 5) is 28.8. The van der Waals surface area contributed by atoms with Crippen molar-refractivity contribution < 1.29 is 9.15 Å². The monoisotopic (exact) mass is 402 g/mol. The van der Waals surface area contributed by atoms with Crippen molar-refractivity contribution in [3.8, 4) is 17.2 Å². The van der Waals surface area contributed by atoms with E-state index in [0.29, 0.717) is 17.2 Å². The molecule has 1 aromatic carbocycles. The standard InChI is InChI=1S/C17H15ClN6O4/c1-22-13-12(15(25)23(2)17(22)26)24(16(18)19-13)8-11-20-21-14(28-11)9-5-4-6-10(7-9)27-3/h4-7H,8H2,1-3H3. The summed E-state index contributed by atoms with van der Waals surface area (Å²) in [7, 11) is 4.48. The van der Waals surface area contributed by atoms with E-state index in [9.17, 15) is 9.59 Å². The first-order valence-electron chi connectivity index (χ1n) is 8.19.